The van der Waals surface area contributed by atoms with Crippen LogP contribution in [0.5, 0.6) is 0 Å². The van der Waals surface area contributed by atoms with Crippen molar-refractivity contribution in [3.05, 3.63) is 29.3 Å². The van der Waals surface area contributed by atoms with Gasteiger partial charge in [0.2, 0.25) is 0 Å². The van der Waals surface area contributed by atoms with Crippen molar-refractivity contribution in [3.63, 3.8) is 0 Å². The number of rotatable bonds is 1. The van der Waals surface area contributed by atoms with Crippen LogP contribution in [-0.2, 0) is 6.18 Å². The molecule has 0 heterocycles. The Kier molecular flexibility index (Phi) is 2.50. The quantitative estimate of drug-likeness (QED) is 0.715. The summed E-state index contributed by atoms with van der Waals surface area (Å²) in [7, 11) is 1.48. The van der Waals surface area contributed by atoms with Crippen LogP contribution in [0.3, 0.4) is 0 Å². The second-order valence-corrected chi connectivity index (χ2v) is 2.75. The highest BCUT2D eigenvalue weighted by Crippen LogP contribution is 2.35. The molecule has 0 radical (unpaired) electrons. The van der Waals surface area contributed by atoms with Crippen LogP contribution in [0.25, 0.3) is 0 Å². The summed E-state index contributed by atoms with van der Waals surface area (Å²) in [4.78, 5) is 0. The van der Waals surface area contributed by atoms with Gasteiger partial charge in [0.1, 0.15) is 0 Å². The lowest BCUT2D eigenvalue weighted by Crippen LogP contribution is -2.09. The molecule has 4 heteroatoms. The standard InChI is InChI=1S/C9H10F3N/c1-6-4-3-5-7(8(6)13-2)9(10,11)12/h3-5,13H,1-2H3. The van der Waals surface area contributed by atoms with E-state index in [0.29, 0.717) is 5.56 Å². The van der Waals surface area contributed by atoms with Gasteiger partial charge in [-0.05, 0) is 18.6 Å². The molecular weight excluding hydrogens is 179 g/mol. The average Bonchev–Trinajstić information content (AvgIpc) is 2.02. The number of benzene rings is 1. The van der Waals surface area contributed by atoms with Gasteiger partial charge in [0.15, 0.2) is 0 Å². The maximum Gasteiger partial charge on any atom is 0.418 e. The maximum absolute atomic E-state index is 12.4. The fourth-order valence-electron chi connectivity index (χ4n) is 1.24. The molecule has 0 unspecified atom stereocenters. The first-order valence-electron chi connectivity index (χ1n) is 3.81. The normalized spacial score (nSPS) is 11.5. The molecule has 0 bridgehead atoms. The Morgan fingerprint density at radius 1 is 1.23 bits per heavy atom. The number of nitrogens with one attached hydrogen (secondary N) is 1. The number of hydrogen-bond donors (Lipinski definition) is 1. The van der Waals surface area contributed by atoms with Crippen molar-refractivity contribution in [2.45, 2.75) is 13.1 Å². The summed E-state index contributed by atoms with van der Waals surface area (Å²) in [5.41, 5.74) is 0.127. The molecule has 0 aliphatic carbocycles. The molecule has 0 saturated heterocycles. The van der Waals surface area contributed by atoms with E-state index in [9.17, 15) is 13.2 Å². The van der Waals surface area contributed by atoms with Crippen LogP contribution in [0.4, 0.5) is 18.9 Å². The van der Waals surface area contributed by atoms with E-state index >= 15 is 0 Å². The van der Waals surface area contributed by atoms with Crippen LogP contribution < -0.4 is 5.32 Å². The van der Waals surface area contributed by atoms with E-state index in [0.717, 1.165) is 6.07 Å². The molecule has 0 atom stereocenters. The summed E-state index contributed by atoms with van der Waals surface area (Å²) in [6, 6.07) is 4.11. The van der Waals surface area contributed by atoms with Crippen LogP contribution in [0, 0.1) is 6.92 Å². The van der Waals surface area contributed by atoms with Crippen molar-refractivity contribution < 1.29 is 13.2 Å². The SMILES string of the molecule is CNc1c(C)cccc1C(F)(F)F. The molecule has 1 rings (SSSR count). The topological polar surface area (TPSA) is 12.0 Å². The lowest BCUT2D eigenvalue weighted by atomic mass is 10.1. The Balaban J connectivity index is 3.29. The molecule has 0 saturated carbocycles. The minimum absolute atomic E-state index is 0.148. The van der Waals surface area contributed by atoms with Crippen molar-refractivity contribution in [3.8, 4) is 0 Å². The molecule has 13 heavy (non-hydrogen) atoms. The van der Waals surface area contributed by atoms with Gasteiger partial charge in [-0.25, -0.2) is 0 Å². The molecule has 1 aromatic rings. The van der Waals surface area contributed by atoms with Crippen LogP contribution in [0.1, 0.15) is 11.1 Å². The molecule has 1 N–H and O–H groups in total. The highest BCUT2D eigenvalue weighted by atomic mass is 19.4. The van der Waals surface area contributed by atoms with E-state index in [4.69, 9.17) is 0 Å². The minimum Gasteiger partial charge on any atom is -0.387 e. The Hall–Kier alpha value is -1.19. The largest absolute Gasteiger partial charge is 0.418 e. The predicted molar refractivity (Wildman–Crippen MR) is 45.7 cm³/mol. The third kappa shape index (κ3) is 1.94. The monoisotopic (exact) mass is 189 g/mol. The van der Waals surface area contributed by atoms with Crippen molar-refractivity contribution in [1.29, 1.82) is 0 Å². The molecule has 0 aromatic heterocycles. The Morgan fingerprint density at radius 3 is 2.23 bits per heavy atom. The number of halogens is 3. The summed E-state index contributed by atoms with van der Waals surface area (Å²) in [6.45, 7) is 1.64. The van der Waals surface area contributed by atoms with E-state index in [1.165, 1.54) is 13.1 Å². The predicted octanol–water partition coefficient (Wildman–Crippen LogP) is 3.06. The molecule has 0 amide bonds. The maximum atomic E-state index is 12.4. The number of alkyl halides is 3. The highest BCUT2D eigenvalue weighted by Gasteiger charge is 2.33. The van der Waals surface area contributed by atoms with Gasteiger partial charge in [-0.1, -0.05) is 12.1 Å². The van der Waals surface area contributed by atoms with Gasteiger partial charge >= 0.3 is 6.18 Å². The molecular formula is C9H10F3N. The second-order valence-electron chi connectivity index (χ2n) is 2.75. The molecule has 0 aliphatic rings. The van der Waals surface area contributed by atoms with Gasteiger partial charge in [-0.15, -0.1) is 0 Å². The van der Waals surface area contributed by atoms with Crippen molar-refractivity contribution in [2.75, 3.05) is 12.4 Å². The first-order valence-corrected chi connectivity index (χ1v) is 3.81. The molecule has 0 spiro atoms. The van der Waals surface area contributed by atoms with E-state index in [-0.39, 0.29) is 5.69 Å². The van der Waals surface area contributed by atoms with Gasteiger partial charge in [0.05, 0.1) is 5.56 Å². The molecule has 0 fully saturated rings. The summed E-state index contributed by atoms with van der Waals surface area (Å²) in [6.07, 6.45) is -4.29. The number of hydrogen-bond acceptors (Lipinski definition) is 1. The van der Waals surface area contributed by atoms with Gasteiger partial charge in [-0.3, -0.25) is 0 Å². The van der Waals surface area contributed by atoms with Crippen LogP contribution in [0.15, 0.2) is 18.2 Å². The highest BCUT2D eigenvalue weighted by molar-refractivity contribution is 5.57. The fourth-order valence-corrected chi connectivity index (χ4v) is 1.24. The minimum atomic E-state index is -4.29. The van der Waals surface area contributed by atoms with Gasteiger partial charge in [-0.2, -0.15) is 13.2 Å². The Labute approximate surface area is 74.6 Å². The lowest BCUT2D eigenvalue weighted by molar-refractivity contribution is -0.137. The summed E-state index contributed by atoms with van der Waals surface area (Å²) in [5.74, 6) is 0. The van der Waals surface area contributed by atoms with Gasteiger partial charge in [0.25, 0.3) is 0 Å². The third-order valence-corrected chi connectivity index (χ3v) is 1.83. The van der Waals surface area contributed by atoms with E-state index in [1.54, 1.807) is 13.0 Å². The van der Waals surface area contributed by atoms with Gasteiger partial charge in [0, 0.05) is 12.7 Å². The zero-order valence-electron chi connectivity index (χ0n) is 7.37. The Morgan fingerprint density at radius 2 is 1.85 bits per heavy atom. The van der Waals surface area contributed by atoms with Crippen molar-refractivity contribution in [1.82, 2.24) is 0 Å². The first-order chi connectivity index (χ1) is 5.96. The summed E-state index contributed by atoms with van der Waals surface area (Å²) in [5, 5.41) is 2.55. The lowest BCUT2D eigenvalue weighted by Gasteiger charge is -2.14. The van der Waals surface area contributed by atoms with Crippen molar-refractivity contribution in [2.24, 2.45) is 0 Å². The number of anilines is 1. The van der Waals surface area contributed by atoms with Crippen molar-refractivity contribution >= 4 is 5.69 Å². The fraction of sp³-hybridized carbons (Fsp3) is 0.333. The average molecular weight is 189 g/mol. The summed E-state index contributed by atoms with van der Waals surface area (Å²) >= 11 is 0. The van der Waals surface area contributed by atoms with Crippen LogP contribution in [-0.4, -0.2) is 7.05 Å². The van der Waals surface area contributed by atoms with Gasteiger partial charge < -0.3 is 5.32 Å². The zero-order chi connectivity index (χ0) is 10.1. The van der Waals surface area contributed by atoms with E-state index < -0.39 is 11.7 Å². The number of aryl methyl sites for hydroxylation is 1. The second kappa shape index (κ2) is 3.28. The Bertz CT molecular complexity index is 304. The summed E-state index contributed by atoms with van der Waals surface area (Å²) < 4.78 is 37.1. The van der Waals surface area contributed by atoms with E-state index in [2.05, 4.69) is 5.32 Å². The molecule has 1 aromatic carbocycles. The number of para-hydroxylation sites is 1. The third-order valence-electron chi connectivity index (χ3n) is 1.83. The zero-order valence-corrected chi connectivity index (χ0v) is 7.37. The smallest absolute Gasteiger partial charge is 0.387 e. The van der Waals surface area contributed by atoms with E-state index in [1.807, 2.05) is 0 Å². The van der Waals surface area contributed by atoms with Crippen LogP contribution >= 0.6 is 0 Å². The molecule has 0 aliphatic heterocycles. The molecule has 72 valence electrons. The van der Waals surface area contributed by atoms with Crippen LogP contribution in [0.2, 0.25) is 0 Å². The molecule has 1 nitrogen and oxygen atoms in total. The first kappa shape index (κ1) is 9.89.